The van der Waals surface area contributed by atoms with Gasteiger partial charge in [0.05, 0.1) is 0 Å². The van der Waals surface area contributed by atoms with Gasteiger partial charge in [0.1, 0.15) is 6.61 Å². The second-order valence-electron chi connectivity index (χ2n) is 3.42. The van der Waals surface area contributed by atoms with Crippen LogP contribution in [-0.2, 0) is 11.3 Å². The Hall–Kier alpha value is -1.55. The molecule has 3 N–H and O–H groups in total. The van der Waals surface area contributed by atoms with Crippen molar-refractivity contribution in [3.8, 4) is 0 Å². The summed E-state index contributed by atoms with van der Waals surface area (Å²) in [5.41, 5.74) is 6.44. The van der Waals surface area contributed by atoms with Crippen LogP contribution in [0.5, 0.6) is 0 Å². The van der Waals surface area contributed by atoms with Crippen LogP contribution in [0, 0.1) is 0 Å². The average Bonchev–Trinajstić information content (AvgIpc) is 2.25. The summed E-state index contributed by atoms with van der Waals surface area (Å²) in [7, 11) is 0. The van der Waals surface area contributed by atoms with Gasteiger partial charge in [0.25, 0.3) is 0 Å². The summed E-state index contributed by atoms with van der Waals surface area (Å²) in [5.74, 6) is 0. The number of rotatable bonds is 4. The molecule has 1 aromatic carbocycles. The van der Waals surface area contributed by atoms with E-state index in [0.717, 1.165) is 5.56 Å². The molecular formula is C11H16N2O2. The van der Waals surface area contributed by atoms with E-state index in [4.69, 9.17) is 10.5 Å². The van der Waals surface area contributed by atoms with E-state index in [9.17, 15) is 4.79 Å². The zero-order valence-corrected chi connectivity index (χ0v) is 8.77. The Labute approximate surface area is 89.4 Å². The van der Waals surface area contributed by atoms with Crippen LogP contribution in [-0.4, -0.2) is 18.7 Å². The van der Waals surface area contributed by atoms with Gasteiger partial charge in [-0.3, -0.25) is 0 Å². The van der Waals surface area contributed by atoms with Crippen molar-refractivity contribution in [3.63, 3.8) is 0 Å². The lowest BCUT2D eigenvalue weighted by Gasteiger charge is -2.08. The van der Waals surface area contributed by atoms with Gasteiger partial charge in [-0.05, 0) is 12.5 Å². The van der Waals surface area contributed by atoms with Gasteiger partial charge >= 0.3 is 6.09 Å². The highest BCUT2D eigenvalue weighted by Crippen LogP contribution is 2.00. The third kappa shape index (κ3) is 5.02. The molecule has 0 aliphatic heterocycles. The quantitative estimate of drug-likeness (QED) is 0.783. The smallest absolute Gasteiger partial charge is 0.407 e. The van der Waals surface area contributed by atoms with E-state index in [-0.39, 0.29) is 12.6 Å². The summed E-state index contributed by atoms with van der Waals surface area (Å²) < 4.78 is 4.97. The molecule has 4 heteroatoms. The van der Waals surface area contributed by atoms with E-state index < -0.39 is 6.09 Å². The van der Waals surface area contributed by atoms with Gasteiger partial charge in [0, 0.05) is 12.6 Å². The maximum absolute atomic E-state index is 11.1. The number of amides is 1. The standard InChI is InChI=1S/C11H16N2O2/c1-9(12)7-13-11(14)15-8-10-5-3-2-4-6-10/h2-6,9H,7-8,12H2,1H3,(H,13,14). The van der Waals surface area contributed by atoms with Crippen molar-refractivity contribution in [2.45, 2.75) is 19.6 Å². The Morgan fingerprint density at radius 1 is 1.47 bits per heavy atom. The number of hydrogen-bond acceptors (Lipinski definition) is 3. The normalized spacial score (nSPS) is 11.9. The zero-order valence-electron chi connectivity index (χ0n) is 8.77. The van der Waals surface area contributed by atoms with Gasteiger partial charge in [0.15, 0.2) is 0 Å². The lowest BCUT2D eigenvalue weighted by atomic mass is 10.2. The van der Waals surface area contributed by atoms with Crippen molar-refractivity contribution in [2.24, 2.45) is 5.73 Å². The highest BCUT2D eigenvalue weighted by atomic mass is 16.5. The lowest BCUT2D eigenvalue weighted by Crippen LogP contribution is -2.35. The molecule has 1 unspecified atom stereocenters. The first-order valence-corrected chi connectivity index (χ1v) is 4.88. The first kappa shape index (κ1) is 11.5. The van der Waals surface area contributed by atoms with Crippen molar-refractivity contribution in [2.75, 3.05) is 6.54 Å². The summed E-state index contributed by atoms with van der Waals surface area (Å²) in [6, 6.07) is 9.46. The summed E-state index contributed by atoms with van der Waals surface area (Å²) >= 11 is 0. The SMILES string of the molecule is CC(N)CNC(=O)OCc1ccccc1. The highest BCUT2D eigenvalue weighted by molar-refractivity contribution is 5.67. The van der Waals surface area contributed by atoms with E-state index >= 15 is 0 Å². The predicted molar refractivity (Wildman–Crippen MR) is 58.3 cm³/mol. The van der Waals surface area contributed by atoms with Gasteiger partial charge in [-0.1, -0.05) is 30.3 Å². The van der Waals surface area contributed by atoms with Crippen molar-refractivity contribution in [1.29, 1.82) is 0 Å². The van der Waals surface area contributed by atoms with Gasteiger partial charge in [0.2, 0.25) is 0 Å². The molecule has 0 saturated carbocycles. The van der Waals surface area contributed by atoms with Crippen LogP contribution in [0.3, 0.4) is 0 Å². The Morgan fingerprint density at radius 2 is 2.13 bits per heavy atom. The van der Waals surface area contributed by atoms with E-state index in [1.807, 2.05) is 37.3 Å². The summed E-state index contributed by atoms with van der Waals surface area (Å²) in [6.45, 7) is 2.52. The monoisotopic (exact) mass is 208 g/mol. The molecule has 0 heterocycles. The maximum Gasteiger partial charge on any atom is 0.407 e. The van der Waals surface area contributed by atoms with Crippen molar-refractivity contribution < 1.29 is 9.53 Å². The molecule has 0 spiro atoms. The number of benzene rings is 1. The number of nitrogens with one attached hydrogen (secondary N) is 1. The van der Waals surface area contributed by atoms with Gasteiger partial charge in [-0.15, -0.1) is 0 Å². The second kappa shape index (κ2) is 6.03. The third-order valence-corrected chi connectivity index (χ3v) is 1.78. The number of hydrogen-bond donors (Lipinski definition) is 2. The van der Waals surface area contributed by atoms with Gasteiger partial charge < -0.3 is 15.8 Å². The molecule has 1 amide bonds. The summed E-state index contributed by atoms with van der Waals surface area (Å²) in [6.07, 6.45) is -0.434. The molecule has 0 bridgehead atoms. The third-order valence-electron chi connectivity index (χ3n) is 1.78. The van der Waals surface area contributed by atoms with Crippen molar-refractivity contribution >= 4 is 6.09 Å². The molecule has 1 aromatic rings. The maximum atomic E-state index is 11.1. The predicted octanol–water partition coefficient (Wildman–Crippen LogP) is 1.26. The number of alkyl carbamates (subject to hydrolysis) is 1. The molecule has 1 atom stereocenters. The fourth-order valence-electron chi connectivity index (χ4n) is 1.02. The Kier molecular flexibility index (Phi) is 4.63. The Morgan fingerprint density at radius 3 is 2.73 bits per heavy atom. The molecule has 0 aliphatic carbocycles. The largest absolute Gasteiger partial charge is 0.445 e. The number of nitrogens with two attached hydrogens (primary N) is 1. The van der Waals surface area contributed by atoms with Gasteiger partial charge in [-0.25, -0.2) is 4.79 Å². The molecule has 15 heavy (non-hydrogen) atoms. The second-order valence-corrected chi connectivity index (χ2v) is 3.42. The minimum atomic E-state index is -0.434. The first-order valence-electron chi connectivity index (χ1n) is 4.88. The zero-order chi connectivity index (χ0) is 11.1. The summed E-state index contributed by atoms with van der Waals surface area (Å²) in [5, 5.41) is 2.57. The van der Waals surface area contributed by atoms with Crippen molar-refractivity contribution in [3.05, 3.63) is 35.9 Å². The van der Waals surface area contributed by atoms with Crippen LogP contribution >= 0.6 is 0 Å². The molecular weight excluding hydrogens is 192 g/mol. The number of ether oxygens (including phenoxy) is 1. The molecule has 0 aliphatic rings. The number of carbonyl (C=O) groups is 1. The topological polar surface area (TPSA) is 64.3 Å². The Bertz CT molecular complexity index is 299. The fraction of sp³-hybridized carbons (Fsp3) is 0.364. The van der Waals surface area contributed by atoms with E-state index in [0.29, 0.717) is 6.54 Å². The summed E-state index contributed by atoms with van der Waals surface area (Å²) in [4.78, 5) is 11.1. The van der Waals surface area contributed by atoms with Crippen LogP contribution < -0.4 is 11.1 Å². The lowest BCUT2D eigenvalue weighted by molar-refractivity contribution is 0.139. The minimum Gasteiger partial charge on any atom is -0.445 e. The van der Waals surface area contributed by atoms with E-state index in [2.05, 4.69) is 5.32 Å². The molecule has 1 rings (SSSR count). The Balaban J connectivity index is 2.23. The molecule has 0 aromatic heterocycles. The molecule has 0 fully saturated rings. The van der Waals surface area contributed by atoms with Crippen LogP contribution in [0.15, 0.2) is 30.3 Å². The van der Waals surface area contributed by atoms with Crippen molar-refractivity contribution in [1.82, 2.24) is 5.32 Å². The highest BCUT2D eigenvalue weighted by Gasteiger charge is 2.02. The molecule has 0 radical (unpaired) electrons. The van der Waals surface area contributed by atoms with Crippen LogP contribution in [0.25, 0.3) is 0 Å². The molecule has 82 valence electrons. The molecule has 0 saturated heterocycles. The first-order chi connectivity index (χ1) is 7.18. The average molecular weight is 208 g/mol. The number of carbonyl (C=O) groups excluding carboxylic acids is 1. The fourth-order valence-corrected chi connectivity index (χ4v) is 1.02. The van der Waals surface area contributed by atoms with Gasteiger partial charge in [-0.2, -0.15) is 0 Å². The van der Waals surface area contributed by atoms with Crippen LogP contribution in [0.2, 0.25) is 0 Å². The minimum absolute atomic E-state index is 0.0609. The van der Waals surface area contributed by atoms with Crippen LogP contribution in [0.4, 0.5) is 4.79 Å². The van der Waals surface area contributed by atoms with E-state index in [1.165, 1.54) is 0 Å². The van der Waals surface area contributed by atoms with Crippen LogP contribution in [0.1, 0.15) is 12.5 Å². The molecule has 4 nitrogen and oxygen atoms in total. The van der Waals surface area contributed by atoms with E-state index in [1.54, 1.807) is 0 Å².